The molecule has 6 nitrogen and oxygen atoms in total. The van der Waals surface area contributed by atoms with Crippen LogP contribution in [0, 0.1) is 46.5 Å². The molecule has 0 bridgehead atoms. The third kappa shape index (κ3) is 6.99. The Hall–Kier alpha value is -6.70. The van der Waals surface area contributed by atoms with Gasteiger partial charge in [-0.2, -0.15) is 17.6 Å². The lowest BCUT2D eigenvalue weighted by atomic mass is 10.0. The van der Waals surface area contributed by atoms with Gasteiger partial charge in [0.1, 0.15) is 11.5 Å². The van der Waals surface area contributed by atoms with E-state index in [4.69, 9.17) is 9.47 Å². The molecule has 0 saturated heterocycles. The zero-order valence-corrected chi connectivity index (χ0v) is 26.0. The average molecular weight is 721 g/mol. The van der Waals surface area contributed by atoms with Gasteiger partial charge in [0.05, 0.1) is 11.1 Å². The summed E-state index contributed by atoms with van der Waals surface area (Å²) in [5, 5.41) is 5.10. The van der Waals surface area contributed by atoms with E-state index >= 15 is 35.1 Å². The molecule has 0 radical (unpaired) electrons. The molecule has 14 heteroatoms. The molecule has 0 aliphatic rings. The summed E-state index contributed by atoms with van der Waals surface area (Å²) in [7, 11) is 0. The fourth-order valence-corrected chi connectivity index (χ4v) is 4.88. The summed E-state index contributed by atoms with van der Waals surface area (Å²) in [5.41, 5.74) is -3.13. The summed E-state index contributed by atoms with van der Waals surface area (Å²) < 4.78 is 131. The molecule has 2 N–H and O–H groups in total. The first-order valence-corrected chi connectivity index (χ1v) is 15.0. The van der Waals surface area contributed by atoms with Gasteiger partial charge in [0.2, 0.25) is 34.8 Å². The van der Waals surface area contributed by atoms with Crippen LogP contribution >= 0.6 is 0 Å². The quantitative estimate of drug-likeness (QED) is 0.115. The maximum absolute atomic E-state index is 15.2. The highest BCUT2D eigenvalue weighted by Crippen LogP contribution is 2.43. The second-order valence-electron chi connectivity index (χ2n) is 10.8. The number of carbonyl (C=O) groups excluding carboxylic acids is 2. The van der Waals surface area contributed by atoms with E-state index in [1.54, 1.807) is 60.7 Å². The lowest BCUT2D eigenvalue weighted by Gasteiger charge is -2.16. The molecule has 52 heavy (non-hydrogen) atoms. The van der Waals surface area contributed by atoms with Crippen molar-refractivity contribution in [2.24, 2.45) is 0 Å². The molecule has 2 amide bonds. The topological polar surface area (TPSA) is 76.7 Å². The van der Waals surface area contributed by atoms with Crippen LogP contribution in [0.4, 0.5) is 46.5 Å². The largest absolute Gasteiger partial charge is 0.451 e. The van der Waals surface area contributed by atoms with E-state index < -0.39 is 81.0 Å². The summed E-state index contributed by atoms with van der Waals surface area (Å²) in [6.45, 7) is 0. The zero-order chi connectivity index (χ0) is 37.1. The number of nitrogens with one attached hydrogen (secondary N) is 2. The predicted octanol–water partition coefficient (Wildman–Crippen LogP) is 10.6. The SMILES string of the molecule is O=C(Nc1ccc(Oc2c(F)c(F)c(-c3c(F)c(F)c(Oc4ccc(NC(=O)c5ccccc5)cc4)c(F)c3F)c(F)c2F)cc1)c1ccccc1. The van der Waals surface area contributed by atoms with Crippen LogP contribution in [-0.2, 0) is 0 Å². The maximum atomic E-state index is 15.2. The molecule has 262 valence electrons. The number of ether oxygens (including phenoxy) is 2. The number of anilines is 2. The average Bonchev–Trinajstić information content (AvgIpc) is 3.17. The first-order chi connectivity index (χ1) is 24.9. The predicted molar refractivity (Wildman–Crippen MR) is 173 cm³/mol. The zero-order valence-electron chi connectivity index (χ0n) is 26.0. The smallest absolute Gasteiger partial charge is 0.255 e. The van der Waals surface area contributed by atoms with Gasteiger partial charge in [-0.15, -0.1) is 0 Å². The van der Waals surface area contributed by atoms with Crippen molar-refractivity contribution in [3.05, 3.63) is 167 Å². The number of hydrogen-bond acceptors (Lipinski definition) is 4. The van der Waals surface area contributed by atoms with E-state index in [9.17, 15) is 9.59 Å². The Balaban J connectivity index is 1.23. The molecule has 0 unspecified atom stereocenters. The van der Waals surface area contributed by atoms with Crippen molar-refractivity contribution in [1.82, 2.24) is 0 Å². The van der Waals surface area contributed by atoms with E-state index in [0.29, 0.717) is 11.1 Å². The molecule has 0 aliphatic heterocycles. The summed E-state index contributed by atoms with van der Waals surface area (Å²) >= 11 is 0. The summed E-state index contributed by atoms with van der Waals surface area (Å²) in [6, 6.07) is 25.4. The van der Waals surface area contributed by atoms with E-state index in [2.05, 4.69) is 10.6 Å². The summed E-state index contributed by atoms with van der Waals surface area (Å²) in [5.74, 6) is -24.0. The number of rotatable bonds is 9. The van der Waals surface area contributed by atoms with Crippen molar-refractivity contribution < 1.29 is 54.2 Å². The van der Waals surface area contributed by atoms with Crippen molar-refractivity contribution in [2.45, 2.75) is 0 Å². The van der Waals surface area contributed by atoms with Crippen molar-refractivity contribution in [3.8, 4) is 34.1 Å². The highest BCUT2D eigenvalue weighted by molar-refractivity contribution is 6.04. The van der Waals surface area contributed by atoms with Crippen LogP contribution in [-0.4, -0.2) is 11.8 Å². The first-order valence-electron chi connectivity index (χ1n) is 15.0. The van der Waals surface area contributed by atoms with Gasteiger partial charge in [-0.1, -0.05) is 36.4 Å². The Morgan fingerprint density at radius 2 is 0.673 bits per heavy atom. The fourth-order valence-electron chi connectivity index (χ4n) is 4.88. The number of amides is 2. The molecule has 0 fully saturated rings. The lowest BCUT2D eigenvalue weighted by Crippen LogP contribution is -2.11. The Morgan fingerprint density at radius 1 is 0.385 bits per heavy atom. The minimum atomic E-state index is -2.43. The standard InChI is InChI=1S/C38H20F8N2O4/c39-27-25(28(40)32(44)35(31(27)43)51-23-15-11-21(12-16-23)47-37(49)19-7-3-1-4-8-19)26-29(41)33(45)36(34(46)30(26)42)52-24-17-13-22(14-18-24)48-38(50)20-9-5-2-6-10-20/h1-18H,(H,47,49)(H,48,50). The highest BCUT2D eigenvalue weighted by atomic mass is 19.2. The van der Waals surface area contributed by atoms with Gasteiger partial charge in [-0.3, -0.25) is 9.59 Å². The van der Waals surface area contributed by atoms with Gasteiger partial charge in [0.15, 0.2) is 23.3 Å². The molecule has 6 aromatic rings. The summed E-state index contributed by atoms with van der Waals surface area (Å²) in [4.78, 5) is 24.7. The number of benzene rings is 6. The van der Waals surface area contributed by atoms with Crippen molar-refractivity contribution in [3.63, 3.8) is 0 Å². The van der Waals surface area contributed by atoms with E-state index in [1.807, 2.05) is 0 Å². The molecule has 0 aliphatic carbocycles. The van der Waals surface area contributed by atoms with Crippen LogP contribution in [0.3, 0.4) is 0 Å². The molecule has 6 aromatic carbocycles. The van der Waals surface area contributed by atoms with Crippen LogP contribution in [0.1, 0.15) is 20.7 Å². The first kappa shape index (κ1) is 35.1. The Labute approximate surface area is 288 Å². The minimum absolute atomic E-state index is 0.210. The van der Waals surface area contributed by atoms with Crippen LogP contribution in [0.5, 0.6) is 23.0 Å². The molecule has 0 saturated carbocycles. The molecule has 0 aromatic heterocycles. The number of halogens is 8. The van der Waals surface area contributed by atoms with Crippen molar-refractivity contribution in [1.29, 1.82) is 0 Å². The Morgan fingerprint density at radius 3 is 0.962 bits per heavy atom. The molecule has 6 rings (SSSR count). The third-order valence-electron chi connectivity index (χ3n) is 7.43. The molecular weight excluding hydrogens is 700 g/mol. The normalized spacial score (nSPS) is 10.8. The van der Waals surface area contributed by atoms with Crippen LogP contribution in [0.15, 0.2) is 109 Å². The molecule has 0 heterocycles. The van der Waals surface area contributed by atoms with Crippen LogP contribution < -0.4 is 20.1 Å². The lowest BCUT2D eigenvalue weighted by molar-refractivity contribution is 0.101. The minimum Gasteiger partial charge on any atom is -0.451 e. The molecular formula is C38H20F8N2O4. The van der Waals surface area contributed by atoms with Crippen molar-refractivity contribution >= 4 is 23.2 Å². The fraction of sp³-hybridized carbons (Fsp3) is 0. The van der Waals surface area contributed by atoms with Gasteiger partial charge >= 0.3 is 0 Å². The Bertz CT molecular complexity index is 2080. The van der Waals surface area contributed by atoms with Crippen LogP contribution in [0.25, 0.3) is 11.1 Å². The number of carbonyl (C=O) groups is 2. The second-order valence-corrected chi connectivity index (χ2v) is 10.8. The van der Waals surface area contributed by atoms with Gasteiger partial charge in [0.25, 0.3) is 11.8 Å². The van der Waals surface area contributed by atoms with Gasteiger partial charge in [-0.25, -0.2) is 17.6 Å². The molecule has 0 spiro atoms. The van der Waals surface area contributed by atoms with Gasteiger partial charge in [0, 0.05) is 22.5 Å². The van der Waals surface area contributed by atoms with Crippen molar-refractivity contribution in [2.75, 3.05) is 10.6 Å². The van der Waals surface area contributed by atoms with E-state index in [1.165, 1.54) is 24.3 Å². The summed E-state index contributed by atoms with van der Waals surface area (Å²) in [6.07, 6.45) is 0. The highest BCUT2D eigenvalue weighted by Gasteiger charge is 2.35. The Kier molecular flexibility index (Phi) is 9.90. The maximum Gasteiger partial charge on any atom is 0.255 e. The third-order valence-corrected chi connectivity index (χ3v) is 7.43. The van der Waals surface area contributed by atoms with E-state index in [-0.39, 0.29) is 22.9 Å². The number of hydrogen-bond donors (Lipinski definition) is 2. The van der Waals surface area contributed by atoms with Gasteiger partial charge in [-0.05, 0) is 72.8 Å². The van der Waals surface area contributed by atoms with E-state index in [0.717, 1.165) is 24.3 Å². The monoisotopic (exact) mass is 720 g/mol. The van der Waals surface area contributed by atoms with Crippen LogP contribution in [0.2, 0.25) is 0 Å². The molecule has 0 atom stereocenters. The van der Waals surface area contributed by atoms with Gasteiger partial charge < -0.3 is 20.1 Å². The second kappa shape index (κ2) is 14.6.